The number of amides is 1. The number of hydrogen-bond donors (Lipinski definition) is 1. The van der Waals surface area contributed by atoms with Crippen molar-refractivity contribution >= 4 is 29.4 Å². The molecular weight excluding hydrogens is 365 g/mol. The third-order valence-electron chi connectivity index (χ3n) is 4.26. The van der Waals surface area contributed by atoms with Gasteiger partial charge in [-0.2, -0.15) is 0 Å². The van der Waals surface area contributed by atoms with Crippen molar-refractivity contribution in [3.63, 3.8) is 0 Å². The molecule has 0 saturated carbocycles. The molecule has 2 aromatic carbocycles. The van der Waals surface area contributed by atoms with Gasteiger partial charge in [0.1, 0.15) is 0 Å². The van der Waals surface area contributed by atoms with E-state index in [1.807, 2.05) is 0 Å². The zero-order chi connectivity index (χ0) is 20.1. The van der Waals surface area contributed by atoms with Crippen LogP contribution in [0.4, 0.5) is 10.1 Å². The molecule has 144 valence electrons. The summed E-state index contributed by atoms with van der Waals surface area (Å²) < 4.78 is 23.4. The van der Waals surface area contributed by atoms with E-state index in [0.29, 0.717) is 29.7 Å². The molecule has 1 heterocycles. The zero-order valence-electron chi connectivity index (χ0n) is 15.2. The summed E-state index contributed by atoms with van der Waals surface area (Å²) in [6, 6.07) is 9.20. The second-order valence-electron chi connectivity index (χ2n) is 6.18. The minimum absolute atomic E-state index is 0.0518. The molecule has 0 aromatic heterocycles. The highest BCUT2D eigenvalue weighted by Crippen LogP contribution is 2.24. The lowest BCUT2D eigenvalue weighted by Crippen LogP contribution is -2.20. The fourth-order valence-electron chi connectivity index (χ4n) is 2.78. The lowest BCUT2D eigenvalue weighted by atomic mass is 9.99. The summed E-state index contributed by atoms with van der Waals surface area (Å²) in [7, 11) is 1.36. The van der Waals surface area contributed by atoms with Crippen LogP contribution in [0.5, 0.6) is 5.75 Å². The van der Waals surface area contributed by atoms with Crippen LogP contribution >= 0.6 is 0 Å². The summed E-state index contributed by atoms with van der Waals surface area (Å²) in [4.78, 5) is 35.4. The smallest absolute Gasteiger partial charge is 0.331 e. The topological polar surface area (TPSA) is 81.7 Å². The molecule has 1 aliphatic rings. The first-order valence-electron chi connectivity index (χ1n) is 8.60. The first-order valence-corrected chi connectivity index (χ1v) is 8.60. The average Bonchev–Trinajstić information content (AvgIpc) is 2.70. The zero-order valence-corrected chi connectivity index (χ0v) is 15.2. The highest BCUT2D eigenvalue weighted by atomic mass is 19.1. The second-order valence-corrected chi connectivity index (χ2v) is 6.18. The van der Waals surface area contributed by atoms with Gasteiger partial charge in [0.25, 0.3) is 0 Å². The lowest BCUT2D eigenvalue weighted by Gasteiger charge is -2.17. The maximum Gasteiger partial charge on any atom is 0.331 e. The van der Waals surface area contributed by atoms with Crippen molar-refractivity contribution in [3.05, 3.63) is 65.0 Å². The SMILES string of the molecule is COc1ccc(/C=C/C(=O)OCC(=O)c2ccc3c(c2)CCC(=O)N3)cc1F. The number of methoxy groups -OCH3 is 1. The number of carbonyl (C=O) groups is 3. The van der Waals surface area contributed by atoms with Gasteiger partial charge in [0.05, 0.1) is 7.11 Å². The normalized spacial score (nSPS) is 13.0. The minimum atomic E-state index is -0.713. The number of ether oxygens (including phenoxy) is 2. The Labute approximate surface area is 161 Å². The van der Waals surface area contributed by atoms with Gasteiger partial charge in [-0.3, -0.25) is 9.59 Å². The molecule has 1 N–H and O–H groups in total. The molecule has 7 heteroatoms. The number of ketones is 1. The molecule has 0 radical (unpaired) electrons. The van der Waals surface area contributed by atoms with Gasteiger partial charge in [0, 0.05) is 23.7 Å². The first kappa shape index (κ1) is 19.3. The number of rotatable bonds is 6. The van der Waals surface area contributed by atoms with Crippen LogP contribution in [0.3, 0.4) is 0 Å². The average molecular weight is 383 g/mol. The summed E-state index contributed by atoms with van der Waals surface area (Å²) >= 11 is 0. The van der Waals surface area contributed by atoms with Crippen LogP contribution in [-0.4, -0.2) is 31.4 Å². The maximum absolute atomic E-state index is 13.6. The van der Waals surface area contributed by atoms with Gasteiger partial charge in [-0.05, 0) is 54.0 Å². The number of halogens is 1. The Morgan fingerprint density at radius 1 is 1.18 bits per heavy atom. The van der Waals surface area contributed by atoms with Crippen LogP contribution in [-0.2, 0) is 20.7 Å². The van der Waals surface area contributed by atoms with E-state index < -0.39 is 18.4 Å². The molecule has 6 nitrogen and oxygen atoms in total. The predicted octanol–water partition coefficient (Wildman–Crippen LogP) is 3.16. The molecule has 3 rings (SSSR count). The van der Waals surface area contributed by atoms with Gasteiger partial charge in [-0.15, -0.1) is 0 Å². The molecule has 0 spiro atoms. The van der Waals surface area contributed by atoms with Crippen LogP contribution in [0.25, 0.3) is 6.08 Å². The standard InChI is InChI=1S/C21H18FNO5/c1-27-19-7-2-13(10-16(19)22)3-9-21(26)28-12-18(24)15-4-6-17-14(11-15)5-8-20(25)23-17/h2-4,6-7,9-11H,5,8,12H2,1H3,(H,23,25)/b9-3+. The third kappa shape index (κ3) is 4.62. The van der Waals surface area contributed by atoms with E-state index >= 15 is 0 Å². The van der Waals surface area contributed by atoms with Gasteiger partial charge in [-0.25, -0.2) is 9.18 Å². The summed E-state index contributed by atoms with van der Waals surface area (Å²) in [6.45, 7) is -0.411. The number of Topliss-reactive ketones (excluding diaryl/α,β-unsaturated/α-hetero) is 1. The molecule has 0 bridgehead atoms. The van der Waals surface area contributed by atoms with E-state index in [4.69, 9.17) is 9.47 Å². The van der Waals surface area contributed by atoms with Crippen LogP contribution in [0, 0.1) is 5.82 Å². The Kier molecular flexibility index (Phi) is 5.84. The molecule has 0 aliphatic carbocycles. The Morgan fingerprint density at radius 2 is 2.00 bits per heavy atom. The van der Waals surface area contributed by atoms with Gasteiger partial charge in [-0.1, -0.05) is 6.07 Å². The fourth-order valence-corrected chi connectivity index (χ4v) is 2.78. The molecule has 0 fully saturated rings. The Bertz CT molecular complexity index is 967. The number of aryl methyl sites for hydroxylation is 1. The molecule has 2 aromatic rings. The number of benzene rings is 2. The number of anilines is 1. The molecule has 0 atom stereocenters. The van der Waals surface area contributed by atoms with Gasteiger partial charge >= 0.3 is 5.97 Å². The van der Waals surface area contributed by atoms with Crippen molar-refractivity contribution < 1.29 is 28.2 Å². The van der Waals surface area contributed by atoms with E-state index in [0.717, 1.165) is 11.6 Å². The maximum atomic E-state index is 13.6. The Morgan fingerprint density at radius 3 is 2.75 bits per heavy atom. The third-order valence-corrected chi connectivity index (χ3v) is 4.26. The van der Waals surface area contributed by atoms with Crippen molar-refractivity contribution in [1.82, 2.24) is 0 Å². The van der Waals surface area contributed by atoms with Crippen molar-refractivity contribution in [2.75, 3.05) is 19.0 Å². The highest BCUT2D eigenvalue weighted by molar-refractivity contribution is 6.00. The molecule has 0 saturated heterocycles. The van der Waals surface area contributed by atoms with E-state index in [2.05, 4.69) is 5.32 Å². The molecule has 1 aliphatic heterocycles. The lowest BCUT2D eigenvalue weighted by molar-refractivity contribution is -0.136. The van der Waals surface area contributed by atoms with Crippen molar-refractivity contribution in [2.45, 2.75) is 12.8 Å². The fraction of sp³-hybridized carbons (Fsp3) is 0.190. The van der Waals surface area contributed by atoms with E-state index in [1.54, 1.807) is 24.3 Å². The van der Waals surface area contributed by atoms with Gasteiger partial charge in [0.15, 0.2) is 24.0 Å². The quantitative estimate of drug-likeness (QED) is 0.471. The number of hydrogen-bond acceptors (Lipinski definition) is 5. The van der Waals surface area contributed by atoms with Crippen molar-refractivity contribution in [3.8, 4) is 5.75 Å². The summed E-state index contributed by atoms with van der Waals surface area (Å²) in [6.07, 6.45) is 3.44. The predicted molar refractivity (Wildman–Crippen MR) is 101 cm³/mol. The van der Waals surface area contributed by atoms with Crippen molar-refractivity contribution in [1.29, 1.82) is 0 Å². The Hall–Kier alpha value is -3.48. The molecule has 1 amide bonds. The van der Waals surface area contributed by atoms with Crippen LogP contribution in [0.2, 0.25) is 0 Å². The largest absolute Gasteiger partial charge is 0.494 e. The highest BCUT2D eigenvalue weighted by Gasteiger charge is 2.17. The molecule has 28 heavy (non-hydrogen) atoms. The van der Waals surface area contributed by atoms with Crippen LogP contribution in [0.15, 0.2) is 42.5 Å². The van der Waals surface area contributed by atoms with Gasteiger partial charge < -0.3 is 14.8 Å². The summed E-state index contributed by atoms with van der Waals surface area (Å²) in [5, 5.41) is 2.74. The summed E-state index contributed by atoms with van der Waals surface area (Å²) in [5.74, 6) is -1.55. The van der Waals surface area contributed by atoms with E-state index in [9.17, 15) is 18.8 Å². The number of carbonyl (C=O) groups excluding carboxylic acids is 3. The minimum Gasteiger partial charge on any atom is -0.494 e. The Balaban J connectivity index is 1.56. The van der Waals surface area contributed by atoms with Crippen LogP contribution in [0.1, 0.15) is 27.9 Å². The molecule has 0 unspecified atom stereocenters. The van der Waals surface area contributed by atoms with Gasteiger partial charge in [0.2, 0.25) is 5.91 Å². The van der Waals surface area contributed by atoms with E-state index in [1.165, 1.54) is 25.3 Å². The summed E-state index contributed by atoms with van der Waals surface area (Å²) in [5.41, 5.74) is 2.43. The monoisotopic (exact) mass is 383 g/mol. The second kappa shape index (κ2) is 8.47. The number of esters is 1. The number of fused-ring (bicyclic) bond motifs is 1. The van der Waals surface area contributed by atoms with Crippen LogP contribution < -0.4 is 10.1 Å². The number of nitrogens with one attached hydrogen (secondary N) is 1. The van der Waals surface area contributed by atoms with E-state index in [-0.39, 0.29) is 17.4 Å². The van der Waals surface area contributed by atoms with Crippen molar-refractivity contribution in [2.24, 2.45) is 0 Å². The molecular formula is C21H18FNO5. The first-order chi connectivity index (χ1) is 13.5.